The van der Waals surface area contributed by atoms with E-state index >= 15 is 0 Å². The molecule has 3 heteroatoms. The number of nitrogens with zero attached hydrogens (tertiary/aromatic N) is 1. The Balaban J connectivity index is 1.37. The molecule has 0 unspecified atom stereocenters. The van der Waals surface area contributed by atoms with Gasteiger partial charge in [0.15, 0.2) is 0 Å². The van der Waals surface area contributed by atoms with Gasteiger partial charge in [-0.2, -0.15) is 0 Å². The second kappa shape index (κ2) is 9.19. The molecule has 1 aliphatic carbocycles. The molecule has 173 valence electrons. The summed E-state index contributed by atoms with van der Waals surface area (Å²) >= 11 is 0. The summed E-state index contributed by atoms with van der Waals surface area (Å²) in [5.74, 6) is 2.76. The molecular formula is C29H40NO2. The predicted molar refractivity (Wildman–Crippen MR) is 131 cm³/mol. The van der Waals surface area contributed by atoms with Crippen LogP contribution >= 0.6 is 0 Å². The van der Waals surface area contributed by atoms with Gasteiger partial charge in [-0.1, -0.05) is 36.4 Å². The fraction of sp³-hybridized carbons (Fsp3) is 0.586. The van der Waals surface area contributed by atoms with Gasteiger partial charge in [0.1, 0.15) is 5.75 Å². The lowest BCUT2D eigenvalue weighted by molar-refractivity contribution is -0.289. The lowest BCUT2D eigenvalue weighted by Gasteiger charge is -2.50. The number of hydroxylamine groups is 2. The first-order valence-electron chi connectivity index (χ1n) is 12.5. The molecule has 2 aliphatic rings. The zero-order chi connectivity index (χ0) is 22.9. The summed E-state index contributed by atoms with van der Waals surface area (Å²) in [7, 11) is 0. The van der Waals surface area contributed by atoms with Crippen LogP contribution in [0.2, 0.25) is 0 Å². The molecule has 2 fully saturated rings. The van der Waals surface area contributed by atoms with Crippen molar-refractivity contribution < 1.29 is 9.94 Å². The van der Waals surface area contributed by atoms with Crippen molar-refractivity contribution >= 4 is 0 Å². The van der Waals surface area contributed by atoms with E-state index < -0.39 is 0 Å². The molecule has 0 bridgehead atoms. The molecule has 1 radical (unpaired) electrons. The Bertz CT molecular complexity index is 858. The van der Waals surface area contributed by atoms with Crippen LogP contribution < -0.4 is 4.74 Å². The van der Waals surface area contributed by atoms with Gasteiger partial charge >= 0.3 is 0 Å². The summed E-state index contributed by atoms with van der Waals surface area (Å²) in [4.78, 5) is 0. The van der Waals surface area contributed by atoms with Crippen LogP contribution in [0.3, 0.4) is 0 Å². The van der Waals surface area contributed by atoms with Crippen molar-refractivity contribution in [2.24, 2.45) is 0 Å². The van der Waals surface area contributed by atoms with Crippen LogP contribution in [0.15, 0.2) is 48.5 Å². The van der Waals surface area contributed by atoms with Crippen molar-refractivity contribution in [3.05, 3.63) is 65.2 Å². The average molecular weight is 435 g/mol. The van der Waals surface area contributed by atoms with Gasteiger partial charge in [0.05, 0.1) is 6.61 Å². The molecule has 1 saturated carbocycles. The Kier molecular flexibility index (Phi) is 6.70. The van der Waals surface area contributed by atoms with Crippen molar-refractivity contribution in [3.8, 4) is 5.75 Å². The molecule has 2 aromatic rings. The van der Waals surface area contributed by atoms with E-state index in [2.05, 4.69) is 76.2 Å². The Morgan fingerprint density at radius 1 is 0.719 bits per heavy atom. The Labute approximate surface area is 194 Å². The first-order valence-corrected chi connectivity index (χ1v) is 12.5. The molecule has 0 spiro atoms. The second-order valence-electron chi connectivity index (χ2n) is 11.2. The van der Waals surface area contributed by atoms with E-state index in [1.807, 2.05) is 6.92 Å². The minimum absolute atomic E-state index is 0.315. The quantitative estimate of drug-likeness (QED) is 0.485. The van der Waals surface area contributed by atoms with E-state index in [4.69, 9.17) is 4.74 Å². The molecule has 1 heterocycles. The number of hydrogen-bond donors (Lipinski definition) is 0. The lowest BCUT2D eigenvalue weighted by Crippen LogP contribution is -2.57. The van der Waals surface area contributed by atoms with Gasteiger partial charge < -0.3 is 4.74 Å². The molecule has 0 amide bonds. The monoisotopic (exact) mass is 434 g/mol. The number of benzene rings is 2. The second-order valence-corrected chi connectivity index (χ2v) is 11.2. The van der Waals surface area contributed by atoms with Crippen LogP contribution in [0.5, 0.6) is 5.75 Å². The van der Waals surface area contributed by atoms with E-state index in [0.29, 0.717) is 17.8 Å². The largest absolute Gasteiger partial charge is 0.494 e. The fourth-order valence-corrected chi connectivity index (χ4v) is 6.30. The minimum Gasteiger partial charge on any atom is -0.494 e. The van der Waals surface area contributed by atoms with E-state index in [0.717, 1.165) is 25.2 Å². The molecule has 32 heavy (non-hydrogen) atoms. The van der Waals surface area contributed by atoms with Gasteiger partial charge in [0.25, 0.3) is 0 Å². The van der Waals surface area contributed by atoms with Crippen LogP contribution in [0.1, 0.15) is 108 Å². The highest BCUT2D eigenvalue weighted by Gasteiger charge is 2.46. The summed E-state index contributed by atoms with van der Waals surface area (Å²) in [5, 5.41) is 14.0. The Morgan fingerprint density at radius 3 is 1.50 bits per heavy atom. The summed E-state index contributed by atoms with van der Waals surface area (Å²) in [5.41, 5.74) is 3.70. The molecule has 3 nitrogen and oxygen atoms in total. The topological polar surface area (TPSA) is 32.4 Å². The first-order chi connectivity index (χ1) is 15.2. The summed E-state index contributed by atoms with van der Waals surface area (Å²) in [6, 6.07) is 18.1. The van der Waals surface area contributed by atoms with Crippen LogP contribution in [0.4, 0.5) is 0 Å². The van der Waals surface area contributed by atoms with Crippen LogP contribution in [-0.4, -0.2) is 22.7 Å². The molecule has 0 N–H and O–H groups in total. The third-order valence-corrected chi connectivity index (χ3v) is 7.86. The van der Waals surface area contributed by atoms with Gasteiger partial charge in [-0.25, -0.2) is 0 Å². The predicted octanol–water partition coefficient (Wildman–Crippen LogP) is 7.61. The number of ether oxygens (including phenoxy) is 1. The van der Waals surface area contributed by atoms with Crippen molar-refractivity contribution in [2.75, 3.05) is 6.61 Å². The number of rotatable bonds is 5. The van der Waals surface area contributed by atoms with Gasteiger partial charge in [0.2, 0.25) is 0 Å². The molecule has 4 rings (SSSR count). The smallest absolute Gasteiger partial charge is 0.119 e. The highest BCUT2D eigenvalue weighted by molar-refractivity contribution is 5.32. The summed E-state index contributed by atoms with van der Waals surface area (Å²) in [6.45, 7) is 11.1. The van der Waals surface area contributed by atoms with Gasteiger partial charge in [-0.05, 0) is 120 Å². The Hall–Kier alpha value is -1.84. The maximum Gasteiger partial charge on any atom is 0.119 e. The fourth-order valence-electron chi connectivity index (χ4n) is 6.30. The first kappa shape index (κ1) is 23.3. The Morgan fingerprint density at radius 2 is 1.09 bits per heavy atom. The highest BCUT2D eigenvalue weighted by atomic mass is 16.5. The van der Waals surface area contributed by atoms with Gasteiger partial charge in [0, 0.05) is 11.1 Å². The highest BCUT2D eigenvalue weighted by Crippen LogP contribution is 2.45. The zero-order valence-corrected chi connectivity index (χ0v) is 20.6. The number of hydrogen-bond acceptors (Lipinski definition) is 2. The van der Waals surface area contributed by atoms with Crippen molar-refractivity contribution in [1.82, 2.24) is 5.06 Å². The third-order valence-electron chi connectivity index (χ3n) is 7.86. The minimum atomic E-state index is -0.315. The summed E-state index contributed by atoms with van der Waals surface area (Å²) in [6.07, 6.45) is 6.87. The number of piperidine rings is 1. The maximum absolute atomic E-state index is 12.7. The standard InChI is InChI=1S/C29H40NO2/c1-6-32-27-17-15-24(16-18-27)23-9-7-21(8-10-23)22-11-13-25(14-12-22)26-19-28(2,3)30(31)29(4,5)20-26/h11-18,21,23,26H,6-10,19-20H2,1-5H3. The van der Waals surface area contributed by atoms with Gasteiger partial charge in [-0.15, -0.1) is 10.3 Å². The van der Waals surface area contributed by atoms with E-state index in [9.17, 15) is 5.21 Å². The molecular weight excluding hydrogens is 394 g/mol. The van der Waals surface area contributed by atoms with Crippen molar-refractivity contribution in [1.29, 1.82) is 0 Å². The van der Waals surface area contributed by atoms with Crippen molar-refractivity contribution in [3.63, 3.8) is 0 Å². The van der Waals surface area contributed by atoms with Crippen molar-refractivity contribution in [2.45, 2.75) is 102 Å². The molecule has 1 aliphatic heterocycles. The van der Waals surface area contributed by atoms with E-state index in [1.54, 1.807) is 0 Å². The van der Waals surface area contributed by atoms with Crippen LogP contribution in [0, 0.1) is 0 Å². The third kappa shape index (κ3) is 4.89. The maximum atomic E-state index is 12.7. The van der Waals surface area contributed by atoms with Crippen LogP contribution in [-0.2, 0) is 5.21 Å². The van der Waals surface area contributed by atoms with Gasteiger partial charge in [-0.3, -0.25) is 0 Å². The van der Waals surface area contributed by atoms with E-state index in [-0.39, 0.29) is 11.1 Å². The SMILES string of the molecule is CCOc1ccc(C2CCC(c3ccc(C4CC(C)(C)N([O])C(C)(C)C4)cc3)CC2)cc1. The van der Waals surface area contributed by atoms with E-state index in [1.165, 1.54) is 47.4 Å². The molecule has 0 aromatic heterocycles. The normalized spacial score (nSPS) is 26.1. The zero-order valence-electron chi connectivity index (χ0n) is 20.6. The molecule has 1 saturated heterocycles. The summed E-state index contributed by atoms with van der Waals surface area (Å²) < 4.78 is 5.59. The van der Waals surface area contributed by atoms with Crippen LogP contribution in [0.25, 0.3) is 0 Å². The molecule has 0 atom stereocenters. The lowest BCUT2D eigenvalue weighted by atomic mass is 9.72. The average Bonchev–Trinajstić information content (AvgIpc) is 2.78. The molecule has 2 aromatic carbocycles.